The highest BCUT2D eigenvalue weighted by Gasteiger charge is 1.92. The lowest BCUT2D eigenvalue weighted by atomic mass is 10.6. The van der Waals surface area contributed by atoms with E-state index in [0.29, 0.717) is 5.75 Å². The van der Waals surface area contributed by atoms with Crippen molar-refractivity contribution in [3.05, 3.63) is 12.4 Å². The van der Waals surface area contributed by atoms with Crippen molar-refractivity contribution in [2.45, 2.75) is 5.16 Å². The summed E-state index contributed by atoms with van der Waals surface area (Å²) in [6, 6.07) is 0. The van der Waals surface area contributed by atoms with Crippen LogP contribution in [0.25, 0.3) is 0 Å². The van der Waals surface area contributed by atoms with E-state index < -0.39 is 0 Å². The molecule has 0 saturated carbocycles. The molecule has 0 aliphatic carbocycles. The lowest BCUT2D eigenvalue weighted by Crippen LogP contribution is -1.87. The van der Waals surface area contributed by atoms with E-state index in [0.717, 1.165) is 5.16 Å². The van der Waals surface area contributed by atoms with Gasteiger partial charge in [0.1, 0.15) is 0 Å². The largest absolute Gasteiger partial charge is 0.494 e. The van der Waals surface area contributed by atoms with Gasteiger partial charge in [0, 0.05) is 0 Å². The smallest absolute Gasteiger partial charge is 0.187 e. The van der Waals surface area contributed by atoms with Gasteiger partial charge in [-0.1, -0.05) is 11.8 Å². The first-order valence-corrected chi connectivity index (χ1v) is 3.99. The predicted molar refractivity (Wildman–Crippen MR) is 40.4 cm³/mol. The first-order valence-electron chi connectivity index (χ1n) is 2.77. The van der Waals surface area contributed by atoms with Gasteiger partial charge in [0.15, 0.2) is 10.9 Å². The summed E-state index contributed by atoms with van der Waals surface area (Å²) in [5, 5.41) is 0.765. The Bertz CT molecular complexity index is 176. The molecule has 1 heterocycles. The zero-order chi connectivity index (χ0) is 7.40. The van der Waals surface area contributed by atoms with Crippen LogP contribution in [0.15, 0.2) is 17.6 Å². The van der Waals surface area contributed by atoms with E-state index in [1.54, 1.807) is 19.5 Å². The van der Waals surface area contributed by atoms with Gasteiger partial charge in [0.05, 0.1) is 19.5 Å². The van der Waals surface area contributed by atoms with E-state index in [-0.39, 0.29) is 0 Å². The minimum absolute atomic E-state index is 0.692. The van der Waals surface area contributed by atoms with Crippen molar-refractivity contribution in [3.63, 3.8) is 0 Å². The van der Waals surface area contributed by atoms with Gasteiger partial charge >= 0.3 is 0 Å². The van der Waals surface area contributed by atoms with Gasteiger partial charge in [-0.2, -0.15) is 0 Å². The number of hydrogen-bond donors (Lipinski definition) is 0. The Kier molecular flexibility index (Phi) is 2.50. The normalized spacial score (nSPS) is 9.40. The first kappa shape index (κ1) is 7.34. The Morgan fingerprint density at radius 2 is 2.00 bits per heavy atom. The predicted octanol–water partition coefficient (Wildman–Crippen LogP) is 1.21. The van der Waals surface area contributed by atoms with Gasteiger partial charge in [-0.05, 0) is 6.26 Å². The fourth-order valence-electron chi connectivity index (χ4n) is 0.515. The maximum atomic E-state index is 4.88. The van der Waals surface area contributed by atoms with Gasteiger partial charge in [0.25, 0.3) is 0 Å². The molecule has 0 atom stereocenters. The topological polar surface area (TPSA) is 35.0 Å². The molecule has 0 bridgehead atoms. The van der Waals surface area contributed by atoms with E-state index in [4.69, 9.17) is 4.74 Å². The van der Waals surface area contributed by atoms with Crippen molar-refractivity contribution in [2.24, 2.45) is 0 Å². The van der Waals surface area contributed by atoms with E-state index in [9.17, 15) is 0 Å². The SMILES string of the molecule is COc1cnc(SC)nc1. The zero-order valence-corrected chi connectivity index (χ0v) is 6.68. The van der Waals surface area contributed by atoms with Crippen LogP contribution in [0.4, 0.5) is 0 Å². The summed E-state index contributed by atoms with van der Waals surface area (Å²) in [4.78, 5) is 7.99. The molecule has 0 aliphatic rings. The fraction of sp³-hybridized carbons (Fsp3) is 0.333. The lowest BCUT2D eigenvalue weighted by molar-refractivity contribution is 0.409. The minimum atomic E-state index is 0.692. The van der Waals surface area contributed by atoms with Crippen LogP contribution in [0.5, 0.6) is 5.75 Å². The first-order chi connectivity index (χ1) is 4.86. The van der Waals surface area contributed by atoms with Gasteiger partial charge in [0.2, 0.25) is 0 Å². The third kappa shape index (κ3) is 1.60. The summed E-state index contributed by atoms with van der Waals surface area (Å²) in [5.41, 5.74) is 0. The fourth-order valence-corrected chi connectivity index (χ4v) is 0.831. The van der Waals surface area contributed by atoms with Gasteiger partial charge in [-0.25, -0.2) is 9.97 Å². The van der Waals surface area contributed by atoms with Crippen molar-refractivity contribution >= 4 is 11.8 Å². The van der Waals surface area contributed by atoms with E-state index in [1.807, 2.05) is 6.26 Å². The Hall–Kier alpha value is -0.770. The third-order valence-corrected chi connectivity index (χ3v) is 1.60. The van der Waals surface area contributed by atoms with Crippen LogP contribution in [-0.4, -0.2) is 23.3 Å². The Morgan fingerprint density at radius 3 is 2.40 bits per heavy atom. The number of hydrogen-bond acceptors (Lipinski definition) is 4. The van der Waals surface area contributed by atoms with Crippen LogP contribution in [-0.2, 0) is 0 Å². The molecule has 0 saturated heterocycles. The summed E-state index contributed by atoms with van der Waals surface area (Å²) in [7, 11) is 1.59. The number of methoxy groups -OCH3 is 1. The standard InChI is InChI=1S/C6H8N2OS/c1-9-5-3-7-6(10-2)8-4-5/h3-4H,1-2H3. The van der Waals surface area contributed by atoms with Crippen molar-refractivity contribution in [1.29, 1.82) is 0 Å². The molecule has 54 valence electrons. The van der Waals surface area contributed by atoms with E-state index in [2.05, 4.69) is 9.97 Å². The number of thioether (sulfide) groups is 1. The lowest BCUT2D eigenvalue weighted by Gasteiger charge is -1.97. The summed E-state index contributed by atoms with van der Waals surface area (Å²) >= 11 is 1.51. The number of nitrogens with zero attached hydrogens (tertiary/aromatic N) is 2. The van der Waals surface area contributed by atoms with Gasteiger partial charge in [-0.15, -0.1) is 0 Å². The molecule has 0 aliphatic heterocycles. The van der Waals surface area contributed by atoms with Crippen molar-refractivity contribution in [1.82, 2.24) is 9.97 Å². The Balaban J connectivity index is 2.80. The van der Waals surface area contributed by atoms with E-state index in [1.165, 1.54) is 11.8 Å². The summed E-state index contributed by atoms with van der Waals surface area (Å²) in [5.74, 6) is 0.692. The average Bonchev–Trinajstić information content (AvgIpc) is 2.05. The Labute approximate surface area is 63.8 Å². The van der Waals surface area contributed by atoms with Crippen LogP contribution in [0.2, 0.25) is 0 Å². The second-order valence-corrected chi connectivity index (χ2v) is 2.38. The molecule has 1 rings (SSSR count). The molecule has 3 nitrogen and oxygen atoms in total. The highest BCUT2D eigenvalue weighted by molar-refractivity contribution is 7.98. The van der Waals surface area contributed by atoms with Gasteiger partial charge in [-0.3, -0.25) is 0 Å². The molecule has 10 heavy (non-hydrogen) atoms. The minimum Gasteiger partial charge on any atom is -0.494 e. The molecule has 0 unspecified atom stereocenters. The van der Waals surface area contributed by atoms with Gasteiger partial charge < -0.3 is 4.74 Å². The second kappa shape index (κ2) is 3.41. The highest BCUT2D eigenvalue weighted by atomic mass is 32.2. The quantitative estimate of drug-likeness (QED) is 0.476. The van der Waals surface area contributed by atoms with Crippen LogP contribution in [0.1, 0.15) is 0 Å². The number of ether oxygens (including phenoxy) is 1. The zero-order valence-electron chi connectivity index (χ0n) is 5.87. The maximum absolute atomic E-state index is 4.88. The summed E-state index contributed by atoms with van der Waals surface area (Å²) in [6.45, 7) is 0. The number of aromatic nitrogens is 2. The van der Waals surface area contributed by atoms with Crippen LogP contribution < -0.4 is 4.74 Å². The molecule has 1 aromatic rings. The molecule has 0 amide bonds. The van der Waals surface area contributed by atoms with Crippen LogP contribution >= 0.6 is 11.8 Å². The van der Waals surface area contributed by atoms with Crippen molar-refractivity contribution in [2.75, 3.05) is 13.4 Å². The molecule has 0 spiro atoms. The third-order valence-electron chi connectivity index (χ3n) is 1.02. The molecule has 0 N–H and O–H groups in total. The molecular formula is C6H8N2OS. The van der Waals surface area contributed by atoms with Crippen molar-refractivity contribution < 1.29 is 4.74 Å². The van der Waals surface area contributed by atoms with Crippen molar-refractivity contribution in [3.8, 4) is 5.75 Å². The van der Waals surface area contributed by atoms with Crippen LogP contribution in [0.3, 0.4) is 0 Å². The molecule has 0 aromatic carbocycles. The average molecular weight is 156 g/mol. The maximum Gasteiger partial charge on any atom is 0.187 e. The van der Waals surface area contributed by atoms with Crippen LogP contribution in [0, 0.1) is 0 Å². The second-order valence-electron chi connectivity index (χ2n) is 1.61. The Morgan fingerprint density at radius 1 is 1.40 bits per heavy atom. The highest BCUT2D eigenvalue weighted by Crippen LogP contribution is 2.10. The molecule has 1 aromatic heterocycles. The monoisotopic (exact) mass is 156 g/mol. The molecule has 4 heteroatoms. The summed E-state index contributed by atoms with van der Waals surface area (Å²) in [6.07, 6.45) is 5.24. The molecule has 0 fully saturated rings. The summed E-state index contributed by atoms with van der Waals surface area (Å²) < 4.78 is 4.88. The van der Waals surface area contributed by atoms with E-state index >= 15 is 0 Å². The molecule has 0 radical (unpaired) electrons. The molecular weight excluding hydrogens is 148 g/mol. The number of rotatable bonds is 2.